The van der Waals surface area contributed by atoms with E-state index in [0.717, 1.165) is 32.5 Å². The van der Waals surface area contributed by atoms with Crippen LogP contribution in [-0.4, -0.2) is 51.0 Å². The van der Waals surface area contributed by atoms with E-state index in [9.17, 15) is 8.42 Å². The molecule has 0 radical (unpaired) electrons. The van der Waals surface area contributed by atoms with Crippen LogP contribution in [0.1, 0.15) is 19.3 Å². The van der Waals surface area contributed by atoms with Crippen LogP contribution in [0.4, 0.5) is 0 Å². The van der Waals surface area contributed by atoms with Crippen LogP contribution in [0.3, 0.4) is 0 Å². The van der Waals surface area contributed by atoms with Crippen molar-refractivity contribution < 1.29 is 8.42 Å². The van der Waals surface area contributed by atoms with Gasteiger partial charge in [0.15, 0.2) is 0 Å². The van der Waals surface area contributed by atoms with Crippen molar-refractivity contribution in [2.75, 3.05) is 31.6 Å². The van der Waals surface area contributed by atoms with E-state index in [2.05, 4.69) is 4.90 Å². The van der Waals surface area contributed by atoms with E-state index in [0.29, 0.717) is 11.8 Å². The minimum atomic E-state index is -2.77. The summed E-state index contributed by atoms with van der Waals surface area (Å²) >= 11 is 0. The molecule has 1 saturated heterocycles. The van der Waals surface area contributed by atoms with Crippen LogP contribution < -0.4 is 5.73 Å². The van der Waals surface area contributed by atoms with Gasteiger partial charge in [-0.05, 0) is 25.8 Å². The van der Waals surface area contributed by atoms with Crippen molar-refractivity contribution in [1.82, 2.24) is 4.90 Å². The van der Waals surface area contributed by atoms with E-state index in [-0.39, 0.29) is 0 Å². The highest BCUT2D eigenvalue weighted by atomic mass is 32.2. The second-order valence-electron chi connectivity index (χ2n) is 4.05. The first-order chi connectivity index (χ1) is 6.53. The van der Waals surface area contributed by atoms with Crippen molar-refractivity contribution in [2.24, 2.45) is 5.73 Å². The molecular formula is C9H20N2O2S. The minimum Gasteiger partial charge on any atom is -0.329 e. The van der Waals surface area contributed by atoms with Crippen LogP contribution in [-0.2, 0) is 9.84 Å². The van der Waals surface area contributed by atoms with E-state index >= 15 is 0 Å². The first-order valence-electron chi connectivity index (χ1n) is 5.15. The molecule has 5 heteroatoms. The highest BCUT2D eigenvalue weighted by molar-refractivity contribution is 7.90. The van der Waals surface area contributed by atoms with Crippen LogP contribution >= 0.6 is 0 Å². The molecule has 0 aromatic heterocycles. The summed E-state index contributed by atoms with van der Waals surface area (Å²) in [6.45, 7) is 2.85. The molecule has 1 fully saturated rings. The Morgan fingerprint density at radius 3 is 2.57 bits per heavy atom. The lowest BCUT2D eigenvalue weighted by Crippen LogP contribution is -2.51. The number of unbranched alkanes of at least 4 members (excludes halogenated alkanes) is 1. The Morgan fingerprint density at radius 2 is 2.14 bits per heavy atom. The van der Waals surface area contributed by atoms with E-state index in [4.69, 9.17) is 5.73 Å². The third-order valence-electron chi connectivity index (χ3n) is 2.75. The number of sulfone groups is 1. The van der Waals surface area contributed by atoms with Gasteiger partial charge in [0.05, 0.1) is 0 Å². The average molecular weight is 220 g/mol. The summed E-state index contributed by atoms with van der Waals surface area (Å²) in [6.07, 6.45) is 4.22. The average Bonchev–Trinajstić information content (AvgIpc) is 2.00. The number of rotatable bonds is 6. The fraction of sp³-hybridized carbons (Fsp3) is 1.00. The molecule has 1 aliphatic rings. The molecule has 0 aliphatic carbocycles. The molecule has 0 aromatic rings. The zero-order chi connectivity index (χ0) is 10.6. The van der Waals surface area contributed by atoms with Crippen LogP contribution in [0, 0.1) is 0 Å². The molecule has 0 spiro atoms. The number of hydrogen-bond acceptors (Lipinski definition) is 4. The van der Waals surface area contributed by atoms with Crippen LogP contribution in [0.25, 0.3) is 0 Å². The Kier molecular flexibility index (Phi) is 4.34. The summed E-state index contributed by atoms with van der Waals surface area (Å²) < 4.78 is 21.7. The number of hydrogen-bond donors (Lipinski definition) is 1. The maximum Gasteiger partial charge on any atom is 0.147 e. The maximum absolute atomic E-state index is 10.8. The lowest BCUT2D eigenvalue weighted by atomic mass is 10.0. The van der Waals surface area contributed by atoms with Crippen molar-refractivity contribution in [3.63, 3.8) is 0 Å². The molecule has 0 saturated carbocycles. The third kappa shape index (κ3) is 3.94. The summed E-state index contributed by atoms with van der Waals surface area (Å²) in [4.78, 5) is 2.34. The SMILES string of the molecule is CS(=O)(=O)CCCCN1CCC1CN. The summed E-state index contributed by atoms with van der Waals surface area (Å²) in [5.41, 5.74) is 5.56. The second kappa shape index (κ2) is 5.09. The molecule has 4 nitrogen and oxygen atoms in total. The monoisotopic (exact) mass is 220 g/mol. The van der Waals surface area contributed by atoms with Crippen molar-refractivity contribution in [3.05, 3.63) is 0 Å². The Balaban J connectivity index is 2.05. The molecule has 14 heavy (non-hydrogen) atoms. The van der Waals surface area contributed by atoms with Crippen LogP contribution in [0.15, 0.2) is 0 Å². The van der Waals surface area contributed by atoms with Gasteiger partial charge in [-0.2, -0.15) is 0 Å². The molecule has 1 rings (SSSR count). The highest BCUT2D eigenvalue weighted by Gasteiger charge is 2.25. The molecule has 0 bridgehead atoms. The molecule has 0 amide bonds. The Hall–Kier alpha value is -0.130. The molecule has 1 unspecified atom stereocenters. The molecule has 1 aliphatic heterocycles. The summed E-state index contributed by atoms with van der Waals surface area (Å²) in [6, 6.07) is 0.549. The zero-order valence-corrected chi connectivity index (χ0v) is 9.59. The lowest BCUT2D eigenvalue weighted by molar-refractivity contribution is 0.0953. The van der Waals surface area contributed by atoms with E-state index in [1.54, 1.807) is 0 Å². The van der Waals surface area contributed by atoms with Gasteiger partial charge in [-0.25, -0.2) is 8.42 Å². The molecule has 84 valence electrons. The maximum atomic E-state index is 10.8. The molecule has 1 heterocycles. The third-order valence-corrected chi connectivity index (χ3v) is 3.78. The van der Waals surface area contributed by atoms with Gasteiger partial charge in [-0.15, -0.1) is 0 Å². The van der Waals surface area contributed by atoms with Gasteiger partial charge in [0, 0.05) is 31.1 Å². The number of nitrogens with zero attached hydrogens (tertiary/aromatic N) is 1. The highest BCUT2D eigenvalue weighted by Crippen LogP contribution is 2.16. The van der Waals surface area contributed by atoms with Crippen LogP contribution in [0.5, 0.6) is 0 Å². The Morgan fingerprint density at radius 1 is 1.43 bits per heavy atom. The summed E-state index contributed by atoms with van der Waals surface area (Å²) in [7, 11) is -2.77. The van der Waals surface area contributed by atoms with Gasteiger partial charge < -0.3 is 5.73 Å². The minimum absolute atomic E-state index is 0.314. The summed E-state index contributed by atoms with van der Waals surface area (Å²) in [5, 5.41) is 0. The Bertz CT molecular complexity index is 262. The van der Waals surface area contributed by atoms with Gasteiger partial charge in [-0.1, -0.05) is 0 Å². The van der Waals surface area contributed by atoms with Crippen molar-refractivity contribution in [1.29, 1.82) is 0 Å². The zero-order valence-electron chi connectivity index (χ0n) is 8.78. The number of likely N-dealkylation sites (tertiary alicyclic amines) is 1. The first kappa shape index (κ1) is 11.9. The summed E-state index contributed by atoms with van der Waals surface area (Å²) in [5.74, 6) is 0.314. The standard InChI is InChI=1S/C9H20N2O2S/c1-14(12,13)7-3-2-5-11-6-4-9(11)8-10/h9H,2-8,10H2,1H3. The van der Waals surface area contributed by atoms with Crippen molar-refractivity contribution in [3.8, 4) is 0 Å². The predicted molar refractivity (Wildman–Crippen MR) is 58.0 cm³/mol. The molecule has 1 atom stereocenters. The van der Waals surface area contributed by atoms with Crippen LogP contribution in [0.2, 0.25) is 0 Å². The van der Waals surface area contributed by atoms with Gasteiger partial charge in [-0.3, -0.25) is 4.90 Å². The van der Waals surface area contributed by atoms with Gasteiger partial charge in [0.2, 0.25) is 0 Å². The van der Waals surface area contributed by atoms with Crippen molar-refractivity contribution in [2.45, 2.75) is 25.3 Å². The number of nitrogens with two attached hydrogens (primary N) is 1. The largest absolute Gasteiger partial charge is 0.329 e. The van der Waals surface area contributed by atoms with Gasteiger partial charge in [0.1, 0.15) is 9.84 Å². The normalized spacial score (nSPS) is 23.4. The Labute approximate surface area is 86.4 Å². The lowest BCUT2D eigenvalue weighted by Gasteiger charge is -2.40. The van der Waals surface area contributed by atoms with Gasteiger partial charge in [0.25, 0.3) is 0 Å². The van der Waals surface area contributed by atoms with E-state index < -0.39 is 9.84 Å². The quantitative estimate of drug-likeness (QED) is 0.632. The van der Waals surface area contributed by atoms with E-state index in [1.807, 2.05) is 0 Å². The molecule has 2 N–H and O–H groups in total. The molecule has 0 aromatic carbocycles. The van der Waals surface area contributed by atoms with E-state index in [1.165, 1.54) is 12.7 Å². The van der Waals surface area contributed by atoms with Crippen molar-refractivity contribution >= 4 is 9.84 Å². The topological polar surface area (TPSA) is 63.4 Å². The fourth-order valence-corrected chi connectivity index (χ4v) is 2.46. The van der Waals surface area contributed by atoms with Gasteiger partial charge >= 0.3 is 0 Å². The smallest absolute Gasteiger partial charge is 0.147 e. The first-order valence-corrected chi connectivity index (χ1v) is 7.21. The fourth-order valence-electron chi connectivity index (χ4n) is 1.73. The predicted octanol–water partition coefficient (Wildman–Crippen LogP) is -0.156. The second-order valence-corrected chi connectivity index (χ2v) is 6.31. The molecular weight excluding hydrogens is 200 g/mol.